The maximum Gasteiger partial charge on any atom is 0.408 e. The van der Waals surface area contributed by atoms with Crippen molar-refractivity contribution in [2.45, 2.75) is 51.7 Å². The normalized spacial score (nSPS) is 13.2. The van der Waals surface area contributed by atoms with Crippen molar-refractivity contribution >= 4 is 35.1 Å². The number of halogens is 2. The minimum Gasteiger partial charge on any atom is -0.480 e. The van der Waals surface area contributed by atoms with Gasteiger partial charge in [-0.25, -0.2) is 18.4 Å². The Bertz CT molecular complexity index is 1550. The van der Waals surface area contributed by atoms with Crippen LogP contribution in [0.3, 0.4) is 0 Å². The zero-order valence-corrected chi connectivity index (χ0v) is 23.3. The summed E-state index contributed by atoms with van der Waals surface area (Å²) in [5.41, 5.74) is 2.40. The van der Waals surface area contributed by atoms with Crippen molar-refractivity contribution in [3.8, 4) is 0 Å². The number of alkyl carbamates (subject to hydrolysis) is 1. The van der Waals surface area contributed by atoms with Crippen molar-refractivity contribution in [2.24, 2.45) is 0 Å². The standard InChI is InChI=1S/C31H31F2N3O6/c1-31(2,3)42-30(41)36-26(29(39)40)12-13-34-28(38)19-7-5-17-4-6-18-14-21(9-10-22(18)27(37)23(17)15-19)35-25-11-8-20(32)16-24(25)33/h5,7-11,14-16,26,35H,4,6,12-13H2,1-3H3,(H,34,38)(H,36,41)(H,39,40)/t26-/m0/s1. The van der Waals surface area contributed by atoms with E-state index in [1.807, 2.05) is 0 Å². The Morgan fingerprint density at radius 3 is 2.38 bits per heavy atom. The highest BCUT2D eigenvalue weighted by Gasteiger charge is 2.25. The van der Waals surface area contributed by atoms with Crippen LogP contribution in [0.4, 0.5) is 25.0 Å². The lowest BCUT2D eigenvalue weighted by Gasteiger charge is -2.22. The van der Waals surface area contributed by atoms with Gasteiger partial charge in [0.1, 0.15) is 23.3 Å². The fourth-order valence-electron chi connectivity index (χ4n) is 4.55. The summed E-state index contributed by atoms with van der Waals surface area (Å²) in [6.07, 6.45) is 0.0928. The first-order valence-electron chi connectivity index (χ1n) is 13.3. The van der Waals surface area contributed by atoms with Crippen LogP contribution in [0.5, 0.6) is 0 Å². The van der Waals surface area contributed by atoms with Crippen molar-refractivity contribution in [3.05, 3.63) is 94.0 Å². The number of nitrogens with one attached hydrogen (secondary N) is 3. The molecular weight excluding hydrogens is 548 g/mol. The molecule has 42 heavy (non-hydrogen) atoms. The smallest absolute Gasteiger partial charge is 0.408 e. The van der Waals surface area contributed by atoms with Crippen LogP contribution >= 0.6 is 0 Å². The molecule has 220 valence electrons. The van der Waals surface area contributed by atoms with E-state index in [0.717, 1.165) is 23.3 Å². The van der Waals surface area contributed by atoms with E-state index < -0.39 is 41.2 Å². The van der Waals surface area contributed by atoms with Gasteiger partial charge in [-0.15, -0.1) is 0 Å². The zero-order chi connectivity index (χ0) is 30.6. The minimum absolute atomic E-state index is 0.0517. The molecular formula is C31H31F2N3O6. The van der Waals surface area contributed by atoms with Crippen LogP contribution in [0.15, 0.2) is 54.6 Å². The van der Waals surface area contributed by atoms with Gasteiger partial charge in [0.15, 0.2) is 5.78 Å². The van der Waals surface area contributed by atoms with E-state index in [2.05, 4.69) is 16.0 Å². The topological polar surface area (TPSA) is 134 Å². The SMILES string of the molecule is CC(C)(C)OC(=O)N[C@@H](CCNC(=O)c1ccc2c(c1)C(=O)c1ccc(Nc3ccc(F)cc3F)cc1CC2)C(=O)O. The summed E-state index contributed by atoms with van der Waals surface area (Å²) in [5, 5.41) is 17.3. The Hall–Kier alpha value is -4.80. The van der Waals surface area contributed by atoms with Gasteiger partial charge in [0.25, 0.3) is 5.91 Å². The van der Waals surface area contributed by atoms with Crippen molar-refractivity contribution in [2.75, 3.05) is 11.9 Å². The molecule has 2 amide bonds. The number of ketones is 1. The molecule has 1 aliphatic carbocycles. The number of aryl methyl sites for hydroxylation is 2. The van der Waals surface area contributed by atoms with Crippen molar-refractivity contribution in [1.29, 1.82) is 0 Å². The fraction of sp³-hybridized carbons (Fsp3) is 0.290. The van der Waals surface area contributed by atoms with Crippen LogP contribution in [-0.4, -0.2) is 47.0 Å². The number of fused-ring (bicyclic) bond motifs is 2. The maximum atomic E-state index is 14.1. The molecule has 0 saturated heterocycles. The van der Waals surface area contributed by atoms with Crippen LogP contribution in [0, 0.1) is 11.6 Å². The second-order valence-corrected chi connectivity index (χ2v) is 10.9. The summed E-state index contributed by atoms with van der Waals surface area (Å²) < 4.78 is 32.4. The van der Waals surface area contributed by atoms with Gasteiger partial charge in [-0.2, -0.15) is 0 Å². The lowest BCUT2D eigenvalue weighted by Crippen LogP contribution is -2.45. The lowest BCUT2D eigenvalue weighted by atomic mass is 9.96. The van der Waals surface area contributed by atoms with Crippen molar-refractivity contribution in [1.82, 2.24) is 10.6 Å². The molecule has 0 saturated carbocycles. The third-order valence-electron chi connectivity index (χ3n) is 6.55. The Balaban J connectivity index is 1.43. The number of amides is 2. The molecule has 3 aromatic rings. The van der Waals surface area contributed by atoms with Crippen molar-refractivity contribution < 1.29 is 37.8 Å². The first kappa shape index (κ1) is 30.2. The van der Waals surface area contributed by atoms with E-state index in [1.54, 1.807) is 51.1 Å². The Labute approximate surface area is 241 Å². The third kappa shape index (κ3) is 7.48. The molecule has 0 aromatic heterocycles. The monoisotopic (exact) mass is 579 g/mol. The molecule has 3 aromatic carbocycles. The van der Waals surface area contributed by atoms with Gasteiger partial charge < -0.3 is 25.8 Å². The van der Waals surface area contributed by atoms with Gasteiger partial charge in [0.2, 0.25) is 0 Å². The summed E-state index contributed by atoms with van der Waals surface area (Å²) in [6.45, 7) is 4.90. The molecule has 0 fully saturated rings. The average Bonchev–Trinajstić information content (AvgIpc) is 3.04. The van der Waals surface area contributed by atoms with E-state index in [4.69, 9.17) is 4.74 Å². The van der Waals surface area contributed by atoms with Gasteiger partial charge in [0, 0.05) is 35.0 Å². The third-order valence-corrected chi connectivity index (χ3v) is 6.55. The highest BCUT2D eigenvalue weighted by atomic mass is 19.1. The van der Waals surface area contributed by atoms with E-state index in [-0.39, 0.29) is 30.0 Å². The van der Waals surface area contributed by atoms with Crippen LogP contribution < -0.4 is 16.0 Å². The molecule has 0 bridgehead atoms. The average molecular weight is 580 g/mol. The van der Waals surface area contributed by atoms with Gasteiger partial charge in [-0.3, -0.25) is 9.59 Å². The number of hydrogen-bond acceptors (Lipinski definition) is 6. The molecule has 0 spiro atoms. The number of aliphatic carboxylic acids is 1. The van der Waals surface area contributed by atoms with Crippen LogP contribution in [-0.2, 0) is 22.4 Å². The number of carboxylic acid groups (broad SMARTS) is 1. The number of rotatable bonds is 8. The molecule has 1 atom stereocenters. The molecule has 0 aliphatic heterocycles. The van der Waals surface area contributed by atoms with E-state index in [1.165, 1.54) is 12.1 Å². The summed E-state index contributed by atoms with van der Waals surface area (Å²) in [4.78, 5) is 49.8. The molecule has 4 N–H and O–H groups in total. The first-order valence-corrected chi connectivity index (χ1v) is 13.3. The number of carboxylic acids is 1. The maximum absolute atomic E-state index is 14.1. The number of carbonyl (C=O) groups excluding carboxylic acids is 3. The van der Waals surface area contributed by atoms with E-state index >= 15 is 0 Å². The van der Waals surface area contributed by atoms with Gasteiger partial charge in [-0.05, 0) is 93.6 Å². The second-order valence-electron chi connectivity index (χ2n) is 10.9. The predicted molar refractivity (Wildman–Crippen MR) is 151 cm³/mol. The Morgan fingerprint density at radius 2 is 1.69 bits per heavy atom. The number of benzene rings is 3. The summed E-state index contributed by atoms with van der Waals surface area (Å²) >= 11 is 0. The Kier molecular flexibility index (Phi) is 8.89. The molecule has 0 radical (unpaired) electrons. The number of hydrogen-bond donors (Lipinski definition) is 4. The fourth-order valence-corrected chi connectivity index (χ4v) is 4.55. The van der Waals surface area contributed by atoms with E-state index in [0.29, 0.717) is 29.7 Å². The largest absolute Gasteiger partial charge is 0.480 e. The zero-order valence-electron chi connectivity index (χ0n) is 23.3. The van der Waals surface area contributed by atoms with Gasteiger partial charge in [-0.1, -0.05) is 6.07 Å². The molecule has 0 heterocycles. The summed E-state index contributed by atoms with van der Waals surface area (Å²) in [6, 6.07) is 11.8. The molecule has 9 nitrogen and oxygen atoms in total. The molecule has 1 aliphatic rings. The number of carbonyl (C=O) groups is 4. The van der Waals surface area contributed by atoms with Crippen molar-refractivity contribution in [3.63, 3.8) is 0 Å². The van der Waals surface area contributed by atoms with Crippen LogP contribution in [0.2, 0.25) is 0 Å². The highest BCUT2D eigenvalue weighted by molar-refractivity contribution is 6.12. The first-order chi connectivity index (χ1) is 19.8. The lowest BCUT2D eigenvalue weighted by molar-refractivity contribution is -0.139. The van der Waals surface area contributed by atoms with Crippen LogP contribution in [0.25, 0.3) is 0 Å². The van der Waals surface area contributed by atoms with E-state index in [9.17, 15) is 33.1 Å². The Morgan fingerprint density at radius 1 is 0.952 bits per heavy atom. The predicted octanol–water partition coefficient (Wildman–Crippen LogP) is 5.14. The van der Waals surface area contributed by atoms with Gasteiger partial charge in [0.05, 0.1) is 5.69 Å². The number of ether oxygens (including phenoxy) is 1. The quantitative estimate of drug-likeness (QED) is 0.291. The molecule has 4 rings (SSSR count). The molecule has 0 unspecified atom stereocenters. The number of anilines is 2. The summed E-state index contributed by atoms with van der Waals surface area (Å²) in [7, 11) is 0. The minimum atomic E-state index is -1.27. The second kappa shape index (κ2) is 12.4. The van der Waals surface area contributed by atoms with Gasteiger partial charge >= 0.3 is 12.1 Å². The highest BCUT2D eigenvalue weighted by Crippen LogP contribution is 2.29. The van der Waals surface area contributed by atoms with Crippen LogP contribution in [0.1, 0.15) is 64.6 Å². The summed E-state index contributed by atoms with van der Waals surface area (Å²) in [5.74, 6) is -3.46. The molecule has 11 heteroatoms.